The van der Waals surface area contributed by atoms with E-state index in [1.165, 1.54) is 31.9 Å². The van der Waals surface area contributed by atoms with Gasteiger partial charge in [0.1, 0.15) is 9.84 Å². The highest BCUT2D eigenvalue weighted by Gasteiger charge is 2.25. The summed E-state index contributed by atoms with van der Waals surface area (Å²) in [4.78, 5) is 4.66. The summed E-state index contributed by atoms with van der Waals surface area (Å²) in [6, 6.07) is 0.0602. The van der Waals surface area contributed by atoms with E-state index in [1.54, 1.807) is 0 Å². The smallest absolute Gasteiger partial charge is 0.191 e. The van der Waals surface area contributed by atoms with Crippen molar-refractivity contribution in [2.75, 3.05) is 31.7 Å². The Bertz CT molecular complexity index is 494. The molecule has 0 aromatic rings. The molecule has 0 spiro atoms. The average Bonchev–Trinajstić information content (AvgIpc) is 3.06. The van der Waals surface area contributed by atoms with Crippen LogP contribution < -0.4 is 10.6 Å². The molecule has 156 valence electrons. The van der Waals surface area contributed by atoms with E-state index in [2.05, 4.69) is 22.5 Å². The van der Waals surface area contributed by atoms with E-state index in [4.69, 9.17) is 4.74 Å². The third-order valence-corrected chi connectivity index (χ3v) is 5.62. The molecule has 8 heteroatoms. The standard InChI is InChI=1S/C18H37N3O3S.HI/c1-5-19-18(21-15(3)12-14-25(4,22)23)20-13-11-17(24-6-2)16-9-7-8-10-16;/h15-17H,5-14H2,1-4H3,(H2,19,20,21);1H. The quantitative estimate of drug-likeness (QED) is 0.258. The first-order valence-electron chi connectivity index (χ1n) is 9.69. The topological polar surface area (TPSA) is 79.8 Å². The summed E-state index contributed by atoms with van der Waals surface area (Å²) in [6.45, 7) is 8.32. The minimum Gasteiger partial charge on any atom is -0.378 e. The Morgan fingerprint density at radius 3 is 2.42 bits per heavy atom. The molecule has 0 heterocycles. The Kier molecular flexibility index (Phi) is 13.9. The highest BCUT2D eigenvalue weighted by Crippen LogP contribution is 2.30. The third-order valence-electron chi connectivity index (χ3n) is 4.64. The van der Waals surface area contributed by atoms with E-state index in [9.17, 15) is 8.42 Å². The second-order valence-corrected chi connectivity index (χ2v) is 9.31. The molecule has 2 unspecified atom stereocenters. The zero-order valence-electron chi connectivity index (χ0n) is 16.8. The number of halogens is 1. The molecule has 6 nitrogen and oxygen atoms in total. The van der Waals surface area contributed by atoms with Crippen LogP contribution in [0.25, 0.3) is 0 Å². The molecule has 0 aromatic carbocycles. The van der Waals surface area contributed by atoms with Gasteiger partial charge >= 0.3 is 0 Å². The molecule has 2 N–H and O–H groups in total. The summed E-state index contributed by atoms with van der Waals surface area (Å²) < 4.78 is 28.5. The van der Waals surface area contributed by atoms with Crippen molar-refractivity contribution in [1.82, 2.24) is 10.6 Å². The van der Waals surface area contributed by atoms with Gasteiger partial charge in [-0.25, -0.2) is 8.42 Å². The predicted octanol–water partition coefficient (Wildman–Crippen LogP) is 2.97. The van der Waals surface area contributed by atoms with Crippen molar-refractivity contribution >= 4 is 39.8 Å². The summed E-state index contributed by atoms with van der Waals surface area (Å²) in [5, 5.41) is 6.53. The monoisotopic (exact) mass is 503 g/mol. The fourth-order valence-corrected chi connectivity index (χ4v) is 4.10. The maximum Gasteiger partial charge on any atom is 0.191 e. The first-order valence-corrected chi connectivity index (χ1v) is 11.8. The minimum absolute atomic E-state index is 0. The molecule has 2 atom stereocenters. The van der Waals surface area contributed by atoms with Crippen molar-refractivity contribution in [1.29, 1.82) is 0 Å². The Morgan fingerprint density at radius 2 is 1.88 bits per heavy atom. The Morgan fingerprint density at radius 1 is 1.23 bits per heavy atom. The lowest BCUT2D eigenvalue weighted by Crippen LogP contribution is -2.43. The van der Waals surface area contributed by atoms with Crippen LogP contribution in [0.2, 0.25) is 0 Å². The molecule has 1 aliphatic carbocycles. The maximum absolute atomic E-state index is 11.3. The zero-order chi connectivity index (χ0) is 18.7. The summed E-state index contributed by atoms with van der Waals surface area (Å²) in [5.74, 6) is 1.62. The minimum atomic E-state index is -2.93. The summed E-state index contributed by atoms with van der Waals surface area (Å²) in [7, 11) is -2.93. The summed E-state index contributed by atoms with van der Waals surface area (Å²) in [6.07, 6.45) is 8.28. The number of sulfone groups is 1. The molecule has 0 radical (unpaired) electrons. The number of hydrogen-bond acceptors (Lipinski definition) is 4. The lowest BCUT2D eigenvalue weighted by Gasteiger charge is -2.23. The van der Waals surface area contributed by atoms with Crippen molar-refractivity contribution in [3.05, 3.63) is 0 Å². The molecule has 26 heavy (non-hydrogen) atoms. The van der Waals surface area contributed by atoms with Crippen LogP contribution in [0.1, 0.15) is 59.3 Å². The molecule has 1 saturated carbocycles. The number of nitrogens with zero attached hydrogens (tertiary/aromatic N) is 1. The Balaban J connectivity index is 0.00000625. The molecule has 0 aliphatic heterocycles. The van der Waals surface area contributed by atoms with Gasteiger partial charge in [0.2, 0.25) is 0 Å². The number of hydrogen-bond donors (Lipinski definition) is 2. The van der Waals surface area contributed by atoms with Crippen LogP contribution in [0.3, 0.4) is 0 Å². The fraction of sp³-hybridized carbons (Fsp3) is 0.944. The number of guanidine groups is 1. The van der Waals surface area contributed by atoms with Gasteiger partial charge in [0.25, 0.3) is 0 Å². The van der Waals surface area contributed by atoms with Crippen molar-refractivity contribution in [3.63, 3.8) is 0 Å². The number of rotatable bonds is 11. The highest BCUT2D eigenvalue weighted by molar-refractivity contribution is 14.0. The van der Waals surface area contributed by atoms with Crippen molar-refractivity contribution in [2.24, 2.45) is 10.9 Å². The van der Waals surface area contributed by atoms with E-state index in [-0.39, 0.29) is 35.8 Å². The first-order chi connectivity index (χ1) is 11.9. The van der Waals surface area contributed by atoms with Gasteiger partial charge in [0, 0.05) is 32.0 Å². The number of ether oxygens (including phenoxy) is 1. The van der Waals surface area contributed by atoms with Crippen LogP contribution in [0, 0.1) is 5.92 Å². The molecule has 0 bridgehead atoms. The fourth-order valence-electron chi connectivity index (χ4n) is 3.32. The molecule has 1 rings (SSSR count). The van der Waals surface area contributed by atoms with Crippen LogP contribution in [0.4, 0.5) is 0 Å². The van der Waals surface area contributed by atoms with E-state index < -0.39 is 9.84 Å². The van der Waals surface area contributed by atoms with Gasteiger partial charge in [0.15, 0.2) is 5.96 Å². The van der Waals surface area contributed by atoms with Gasteiger partial charge in [-0.1, -0.05) is 12.8 Å². The van der Waals surface area contributed by atoms with Crippen LogP contribution in [-0.4, -0.2) is 58.2 Å². The Labute approximate surface area is 177 Å². The van der Waals surface area contributed by atoms with Crippen LogP contribution in [0.15, 0.2) is 4.99 Å². The lowest BCUT2D eigenvalue weighted by atomic mass is 9.98. The molecule has 0 aromatic heterocycles. The van der Waals surface area contributed by atoms with Crippen molar-refractivity contribution in [3.8, 4) is 0 Å². The molecule has 0 amide bonds. The van der Waals surface area contributed by atoms with Gasteiger partial charge in [-0.05, 0) is 52.4 Å². The van der Waals surface area contributed by atoms with Crippen LogP contribution in [0.5, 0.6) is 0 Å². The van der Waals surface area contributed by atoms with Gasteiger partial charge < -0.3 is 15.4 Å². The van der Waals surface area contributed by atoms with Gasteiger partial charge in [-0.15, -0.1) is 24.0 Å². The van der Waals surface area contributed by atoms with E-state index in [1.807, 2.05) is 13.8 Å². The molecular formula is C18H38IN3O3S. The highest BCUT2D eigenvalue weighted by atomic mass is 127. The van der Waals surface area contributed by atoms with E-state index in [0.29, 0.717) is 18.4 Å². The first kappa shape index (κ1) is 25.9. The lowest BCUT2D eigenvalue weighted by molar-refractivity contribution is 0.0177. The van der Waals surface area contributed by atoms with Gasteiger partial charge in [-0.3, -0.25) is 4.99 Å². The third kappa shape index (κ3) is 11.6. The molecule has 1 fully saturated rings. The van der Waals surface area contributed by atoms with E-state index in [0.717, 1.165) is 32.1 Å². The van der Waals surface area contributed by atoms with Crippen molar-refractivity contribution in [2.45, 2.75) is 71.4 Å². The maximum atomic E-state index is 11.3. The number of nitrogens with one attached hydrogen (secondary N) is 2. The van der Waals surface area contributed by atoms with Gasteiger partial charge in [-0.2, -0.15) is 0 Å². The average molecular weight is 503 g/mol. The predicted molar refractivity (Wildman–Crippen MR) is 120 cm³/mol. The van der Waals surface area contributed by atoms with E-state index >= 15 is 0 Å². The molecule has 0 saturated heterocycles. The van der Waals surface area contributed by atoms with Crippen molar-refractivity contribution < 1.29 is 13.2 Å². The van der Waals surface area contributed by atoms with Crippen LogP contribution >= 0.6 is 24.0 Å². The summed E-state index contributed by atoms with van der Waals surface area (Å²) >= 11 is 0. The largest absolute Gasteiger partial charge is 0.378 e. The second-order valence-electron chi connectivity index (χ2n) is 7.05. The normalized spacial score (nSPS) is 18.2. The van der Waals surface area contributed by atoms with Gasteiger partial charge in [0.05, 0.1) is 11.9 Å². The molecular weight excluding hydrogens is 465 g/mol. The molecule has 1 aliphatic rings. The summed E-state index contributed by atoms with van der Waals surface area (Å²) in [5.41, 5.74) is 0. The zero-order valence-corrected chi connectivity index (χ0v) is 19.9. The Hall–Kier alpha value is -0.0900. The number of aliphatic imine (C=N–C) groups is 1. The van der Waals surface area contributed by atoms with Crippen LogP contribution in [-0.2, 0) is 14.6 Å². The second kappa shape index (κ2) is 14.0. The SMILES string of the molecule is CCNC(=NCCC(OCC)C1CCCC1)NC(C)CCS(C)(=O)=O.I.